The smallest absolute Gasteiger partial charge is 0.276 e. The third-order valence-corrected chi connectivity index (χ3v) is 6.78. The molecule has 1 aliphatic carbocycles. The van der Waals surface area contributed by atoms with Crippen LogP contribution in [0.3, 0.4) is 0 Å². The van der Waals surface area contributed by atoms with E-state index in [-0.39, 0.29) is 30.1 Å². The van der Waals surface area contributed by atoms with Gasteiger partial charge in [-0.2, -0.15) is 8.75 Å². The van der Waals surface area contributed by atoms with Gasteiger partial charge in [0.1, 0.15) is 11.9 Å². The molecule has 162 valence electrons. The van der Waals surface area contributed by atoms with Crippen molar-refractivity contribution in [1.82, 2.24) is 19.0 Å². The summed E-state index contributed by atoms with van der Waals surface area (Å²) in [5.74, 6) is -1.03. The second-order valence-corrected chi connectivity index (χ2v) is 9.19. The van der Waals surface area contributed by atoms with Gasteiger partial charge in [0.05, 0.1) is 24.5 Å². The lowest BCUT2D eigenvalue weighted by atomic mass is 9.94. The third kappa shape index (κ3) is 5.34. The van der Waals surface area contributed by atoms with Gasteiger partial charge in [-0.3, -0.25) is 9.59 Å². The van der Waals surface area contributed by atoms with Crippen LogP contribution in [0.5, 0.6) is 0 Å². The summed E-state index contributed by atoms with van der Waals surface area (Å²) in [7, 11) is 0. The van der Waals surface area contributed by atoms with E-state index in [1.807, 2.05) is 17.5 Å². The molecule has 1 unspecified atom stereocenters. The molecule has 9 heteroatoms. The van der Waals surface area contributed by atoms with Crippen molar-refractivity contribution in [1.29, 1.82) is 0 Å². The van der Waals surface area contributed by atoms with Crippen LogP contribution >= 0.6 is 23.1 Å². The molecule has 1 saturated carbocycles. The highest BCUT2D eigenvalue weighted by atomic mass is 32.1. The maximum Gasteiger partial charge on any atom is 0.276 e. The first-order valence-electron chi connectivity index (χ1n) is 10.3. The van der Waals surface area contributed by atoms with Gasteiger partial charge in [-0.1, -0.05) is 37.5 Å². The normalized spacial score (nSPS) is 15.4. The molecule has 6 nitrogen and oxygen atoms in total. The molecule has 2 heterocycles. The molecule has 0 aliphatic heterocycles. The number of hydrogen-bond acceptors (Lipinski definition) is 6. The van der Waals surface area contributed by atoms with Crippen LogP contribution in [0.4, 0.5) is 4.39 Å². The van der Waals surface area contributed by atoms with Gasteiger partial charge in [0.15, 0.2) is 5.69 Å². The lowest BCUT2D eigenvalue weighted by Crippen LogP contribution is -2.46. The van der Waals surface area contributed by atoms with E-state index < -0.39 is 11.9 Å². The monoisotopic (exact) mass is 458 g/mol. The Labute approximate surface area is 188 Å². The predicted octanol–water partition coefficient (Wildman–Crippen LogP) is 4.57. The van der Waals surface area contributed by atoms with E-state index in [0.717, 1.165) is 42.3 Å². The molecule has 1 atom stereocenters. The highest BCUT2D eigenvalue weighted by molar-refractivity contribution is 7.09. The van der Waals surface area contributed by atoms with Gasteiger partial charge >= 0.3 is 0 Å². The van der Waals surface area contributed by atoms with Crippen LogP contribution in [0.1, 0.15) is 59.1 Å². The molecular weight excluding hydrogens is 435 g/mol. The highest BCUT2D eigenvalue weighted by Gasteiger charge is 2.34. The fourth-order valence-electron chi connectivity index (χ4n) is 3.90. The fraction of sp³-hybridized carbons (Fsp3) is 0.364. The number of nitrogens with zero attached hydrogens (tertiary/aromatic N) is 3. The number of amides is 2. The summed E-state index contributed by atoms with van der Waals surface area (Å²) in [6, 6.07) is 8.77. The number of rotatable bonds is 7. The lowest BCUT2D eigenvalue weighted by molar-refractivity contribution is -0.127. The molecule has 0 radical (unpaired) electrons. The van der Waals surface area contributed by atoms with Crippen molar-refractivity contribution in [3.05, 3.63) is 69.9 Å². The number of aromatic nitrogens is 2. The van der Waals surface area contributed by atoms with Crippen molar-refractivity contribution in [2.45, 2.75) is 50.7 Å². The van der Waals surface area contributed by atoms with Crippen LogP contribution in [0, 0.1) is 5.82 Å². The summed E-state index contributed by atoms with van der Waals surface area (Å²) in [4.78, 5) is 29.4. The Morgan fingerprint density at radius 1 is 1.16 bits per heavy atom. The van der Waals surface area contributed by atoms with Crippen molar-refractivity contribution in [2.75, 3.05) is 0 Å². The van der Waals surface area contributed by atoms with Crippen molar-refractivity contribution < 1.29 is 14.0 Å². The summed E-state index contributed by atoms with van der Waals surface area (Å²) >= 11 is 2.45. The molecule has 1 aliphatic rings. The van der Waals surface area contributed by atoms with Gasteiger partial charge in [0.2, 0.25) is 5.91 Å². The van der Waals surface area contributed by atoms with Gasteiger partial charge in [0.25, 0.3) is 5.91 Å². The maximum atomic E-state index is 13.6. The zero-order valence-electron chi connectivity index (χ0n) is 16.9. The molecule has 0 spiro atoms. The molecule has 4 rings (SSSR count). The van der Waals surface area contributed by atoms with Crippen LogP contribution in [-0.4, -0.2) is 31.5 Å². The minimum atomic E-state index is -0.904. The van der Waals surface area contributed by atoms with Crippen molar-refractivity contribution in [3.8, 4) is 0 Å². The van der Waals surface area contributed by atoms with Crippen molar-refractivity contribution >= 4 is 34.9 Å². The number of thiophene rings is 1. The van der Waals surface area contributed by atoms with Gasteiger partial charge in [-0.25, -0.2) is 4.39 Å². The van der Waals surface area contributed by atoms with E-state index in [4.69, 9.17) is 0 Å². The molecule has 2 aromatic heterocycles. The Morgan fingerprint density at radius 2 is 1.94 bits per heavy atom. The number of nitrogens with one attached hydrogen (secondary N) is 1. The zero-order valence-corrected chi connectivity index (χ0v) is 18.5. The third-order valence-electron chi connectivity index (χ3n) is 5.44. The van der Waals surface area contributed by atoms with Crippen LogP contribution in [0.2, 0.25) is 0 Å². The van der Waals surface area contributed by atoms with Gasteiger partial charge in [0, 0.05) is 10.9 Å². The van der Waals surface area contributed by atoms with Crippen LogP contribution < -0.4 is 5.32 Å². The van der Waals surface area contributed by atoms with Gasteiger partial charge in [-0.05, 0) is 42.0 Å². The Hall–Kier alpha value is -2.65. The van der Waals surface area contributed by atoms with Gasteiger partial charge < -0.3 is 10.2 Å². The van der Waals surface area contributed by atoms with Crippen LogP contribution in [0.25, 0.3) is 0 Å². The van der Waals surface area contributed by atoms with Gasteiger partial charge in [-0.15, -0.1) is 11.3 Å². The van der Waals surface area contributed by atoms with E-state index in [0.29, 0.717) is 5.56 Å². The molecule has 1 fully saturated rings. The molecule has 2 amide bonds. The van der Waals surface area contributed by atoms with Crippen LogP contribution in [-0.2, 0) is 11.3 Å². The number of halogens is 1. The highest BCUT2D eigenvalue weighted by Crippen LogP contribution is 2.28. The van der Waals surface area contributed by atoms with E-state index in [1.54, 1.807) is 12.1 Å². The SMILES string of the molecule is O=C(NC1CCCCC1)C(c1ccc(F)cc1)N(Cc1cccs1)C(=O)c1cnsn1. The summed E-state index contributed by atoms with van der Waals surface area (Å²) in [5.41, 5.74) is 0.752. The number of carbonyl (C=O) groups is 2. The summed E-state index contributed by atoms with van der Waals surface area (Å²) in [6.07, 6.45) is 6.60. The molecule has 1 N–H and O–H groups in total. The molecule has 31 heavy (non-hydrogen) atoms. The molecule has 1 aromatic carbocycles. The van der Waals surface area contributed by atoms with Crippen molar-refractivity contribution in [3.63, 3.8) is 0 Å². The van der Waals surface area contributed by atoms with Crippen LogP contribution in [0.15, 0.2) is 48.0 Å². The molecule has 0 saturated heterocycles. The number of carbonyl (C=O) groups excluding carboxylic acids is 2. The first-order chi connectivity index (χ1) is 15.1. The topological polar surface area (TPSA) is 75.2 Å². The largest absolute Gasteiger partial charge is 0.351 e. The zero-order chi connectivity index (χ0) is 21.6. The maximum absolute atomic E-state index is 13.6. The Bertz CT molecular complexity index is 987. The summed E-state index contributed by atoms with van der Waals surface area (Å²) < 4.78 is 21.6. The first-order valence-corrected chi connectivity index (χ1v) is 11.9. The lowest BCUT2D eigenvalue weighted by Gasteiger charge is -2.32. The quantitative estimate of drug-likeness (QED) is 0.563. The summed E-state index contributed by atoms with van der Waals surface area (Å²) in [5, 5.41) is 5.06. The average molecular weight is 459 g/mol. The minimum absolute atomic E-state index is 0.0869. The Balaban J connectivity index is 1.70. The minimum Gasteiger partial charge on any atom is -0.351 e. The second kappa shape index (κ2) is 10.1. The van der Waals surface area contributed by atoms with E-state index in [1.165, 1.54) is 41.0 Å². The Morgan fingerprint density at radius 3 is 2.58 bits per heavy atom. The number of hydrogen-bond donors (Lipinski definition) is 1. The van der Waals surface area contributed by atoms with Crippen molar-refractivity contribution in [2.24, 2.45) is 0 Å². The van der Waals surface area contributed by atoms with E-state index >= 15 is 0 Å². The standard InChI is InChI=1S/C22H23FN4O2S2/c23-16-10-8-15(9-11-16)20(21(28)25-17-5-2-1-3-6-17)27(14-18-7-4-12-30-18)22(29)19-13-24-31-26-19/h4,7-13,17,20H,1-3,5-6,14H2,(H,25,28). The van der Waals surface area contributed by atoms with E-state index in [9.17, 15) is 14.0 Å². The number of benzene rings is 1. The molecular formula is C22H23FN4O2S2. The molecule has 0 bridgehead atoms. The first kappa shape index (κ1) is 21.6. The predicted molar refractivity (Wildman–Crippen MR) is 118 cm³/mol. The Kier molecular flexibility index (Phi) is 7.03. The average Bonchev–Trinajstić information content (AvgIpc) is 3.49. The summed E-state index contributed by atoms with van der Waals surface area (Å²) in [6.45, 7) is 0.244. The second-order valence-electron chi connectivity index (χ2n) is 7.60. The molecule has 3 aromatic rings. The van der Waals surface area contributed by atoms with E-state index in [2.05, 4.69) is 14.1 Å². The fourth-order valence-corrected chi connectivity index (χ4v) is 5.01.